The Labute approximate surface area is 117 Å². The zero-order valence-electron chi connectivity index (χ0n) is 10.6. The van der Waals surface area contributed by atoms with E-state index >= 15 is 0 Å². The highest BCUT2D eigenvalue weighted by Gasteiger charge is 2.10. The van der Waals surface area contributed by atoms with Crippen molar-refractivity contribution in [3.63, 3.8) is 0 Å². The smallest absolute Gasteiger partial charge is 0.123 e. The van der Waals surface area contributed by atoms with Crippen molar-refractivity contribution in [2.24, 2.45) is 0 Å². The van der Waals surface area contributed by atoms with E-state index in [-0.39, 0.29) is 5.82 Å². The Morgan fingerprint density at radius 2 is 2.00 bits per heavy atom. The molecule has 0 saturated carbocycles. The summed E-state index contributed by atoms with van der Waals surface area (Å²) in [6.45, 7) is 6.25. The number of hydrogen-bond acceptors (Lipinski definition) is 1. The molecule has 0 aliphatic rings. The van der Waals surface area contributed by atoms with Crippen molar-refractivity contribution in [3.05, 3.63) is 59.4 Å². The Hall–Kier alpha value is -1.80. The molecule has 0 aliphatic carbocycles. The van der Waals surface area contributed by atoms with E-state index in [1.807, 2.05) is 25.1 Å². The van der Waals surface area contributed by atoms with Gasteiger partial charge in [0.2, 0.25) is 0 Å². The van der Waals surface area contributed by atoms with E-state index in [1.54, 1.807) is 12.1 Å². The van der Waals surface area contributed by atoms with Crippen LogP contribution in [-0.2, 0) is 0 Å². The van der Waals surface area contributed by atoms with Crippen molar-refractivity contribution in [1.29, 1.82) is 0 Å². The first-order valence-electron chi connectivity index (χ1n) is 6.00. The van der Waals surface area contributed by atoms with Gasteiger partial charge in [0.25, 0.3) is 0 Å². The largest absolute Gasteiger partial charge is 0.494 e. The SMILES string of the molecule is C=Cc1ccc(OCC)cc1-c1cc(F)ccc1Cl. The standard InChI is InChI=1S/C16H14ClFO/c1-3-11-5-7-13(19-4-2)10-14(11)15-9-12(18)6-8-16(15)17/h3,5-10H,1,4H2,2H3. The Kier molecular flexibility index (Phi) is 4.23. The van der Waals surface area contributed by atoms with E-state index in [4.69, 9.17) is 16.3 Å². The summed E-state index contributed by atoms with van der Waals surface area (Å²) in [6, 6.07) is 9.89. The van der Waals surface area contributed by atoms with Crippen molar-refractivity contribution in [2.45, 2.75) is 6.92 Å². The molecular formula is C16H14ClFO. The number of hydrogen-bond donors (Lipinski definition) is 0. The third kappa shape index (κ3) is 2.96. The molecule has 0 aromatic heterocycles. The monoisotopic (exact) mass is 276 g/mol. The molecule has 0 fully saturated rings. The zero-order chi connectivity index (χ0) is 13.8. The molecular weight excluding hydrogens is 263 g/mol. The molecule has 2 rings (SSSR count). The fraction of sp³-hybridized carbons (Fsp3) is 0.125. The molecule has 0 unspecified atom stereocenters. The quantitative estimate of drug-likeness (QED) is 0.747. The minimum Gasteiger partial charge on any atom is -0.494 e. The van der Waals surface area contributed by atoms with E-state index in [1.165, 1.54) is 12.1 Å². The van der Waals surface area contributed by atoms with Gasteiger partial charge in [-0.15, -0.1) is 0 Å². The summed E-state index contributed by atoms with van der Waals surface area (Å²) < 4.78 is 18.9. The lowest BCUT2D eigenvalue weighted by Crippen LogP contribution is -1.93. The summed E-state index contributed by atoms with van der Waals surface area (Å²) in [7, 11) is 0. The Balaban J connectivity index is 2.61. The van der Waals surface area contributed by atoms with E-state index in [0.29, 0.717) is 17.2 Å². The number of benzene rings is 2. The molecule has 98 valence electrons. The van der Waals surface area contributed by atoms with Gasteiger partial charge in [0.15, 0.2) is 0 Å². The molecule has 0 saturated heterocycles. The summed E-state index contributed by atoms with van der Waals surface area (Å²) in [6.07, 6.45) is 1.71. The van der Waals surface area contributed by atoms with Gasteiger partial charge in [-0.2, -0.15) is 0 Å². The molecule has 0 bridgehead atoms. The van der Waals surface area contributed by atoms with Gasteiger partial charge in [0, 0.05) is 10.6 Å². The second-order valence-electron chi connectivity index (χ2n) is 4.01. The summed E-state index contributed by atoms with van der Waals surface area (Å²) >= 11 is 6.15. The Morgan fingerprint density at radius 1 is 1.21 bits per heavy atom. The second kappa shape index (κ2) is 5.89. The topological polar surface area (TPSA) is 9.23 Å². The van der Waals surface area contributed by atoms with Crippen LogP contribution in [0.5, 0.6) is 5.75 Å². The van der Waals surface area contributed by atoms with Crippen molar-refractivity contribution in [2.75, 3.05) is 6.61 Å². The van der Waals surface area contributed by atoms with Gasteiger partial charge in [-0.3, -0.25) is 0 Å². The Bertz CT molecular complexity index is 608. The zero-order valence-corrected chi connectivity index (χ0v) is 11.4. The van der Waals surface area contributed by atoms with Crippen LogP contribution in [0.25, 0.3) is 17.2 Å². The highest BCUT2D eigenvalue weighted by Crippen LogP contribution is 2.34. The van der Waals surface area contributed by atoms with Crippen LogP contribution >= 0.6 is 11.6 Å². The second-order valence-corrected chi connectivity index (χ2v) is 4.42. The lowest BCUT2D eigenvalue weighted by atomic mass is 9.99. The highest BCUT2D eigenvalue weighted by molar-refractivity contribution is 6.33. The van der Waals surface area contributed by atoms with Crippen molar-refractivity contribution >= 4 is 17.7 Å². The molecule has 1 nitrogen and oxygen atoms in total. The maximum Gasteiger partial charge on any atom is 0.123 e. The van der Waals surface area contributed by atoms with E-state index < -0.39 is 0 Å². The number of halogens is 2. The maximum absolute atomic E-state index is 13.4. The molecule has 2 aromatic rings. The molecule has 0 N–H and O–H groups in total. The van der Waals surface area contributed by atoms with Crippen molar-refractivity contribution < 1.29 is 9.13 Å². The van der Waals surface area contributed by atoms with Gasteiger partial charge in [-0.25, -0.2) is 4.39 Å². The van der Waals surface area contributed by atoms with Gasteiger partial charge in [0.05, 0.1) is 6.61 Å². The fourth-order valence-corrected chi connectivity index (χ4v) is 2.13. The van der Waals surface area contributed by atoms with Crippen LogP contribution in [0.4, 0.5) is 4.39 Å². The van der Waals surface area contributed by atoms with E-state index in [9.17, 15) is 4.39 Å². The van der Waals surface area contributed by atoms with E-state index in [2.05, 4.69) is 6.58 Å². The molecule has 0 amide bonds. The molecule has 0 spiro atoms. The van der Waals surface area contributed by atoms with Gasteiger partial charge in [0.1, 0.15) is 11.6 Å². The van der Waals surface area contributed by atoms with Crippen LogP contribution in [-0.4, -0.2) is 6.61 Å². The molecule has 3 heteroatoms. The number of ether oxygens (including phenoxy) is 1. The normalized spacial score (nSPS) is 10.3. The molecule has 2 aromatic carbocycles. The van der Waals surface area contributed by atoms with Crippen LogP contribution in [0, 0.1) is 5.82 Å². The summed E-state index contributed by atoms with van der Waals surface area (Å²) in [5.41, 5.74) is 2.33. The lowest BCUT2D eigenvalue weighted by molar-refractivity contribution is 0.340. The molecule has 19 heavy (non-hydrogen) atoms. The maximum atomic E-state index is 13.4. The first kappa shape index (κ1) is 13.6. The minimum atomic E-state index is -0.323. The lowest BCUT2D eigenvalue weighted by Gasteiger charge is -2.11. The predicted octanol–water partition coefficient (Wildman–Crippen LogP) is 5.19. The van der Waals surface area contributed by atoms with Gasteiger partial charge < -0.3 is 4.74 Å². The van der Waals surface area contributed by atoms with Crippen molar-refractivity contribution in [1.82, 2.24) is 0 Å². The molecule has 0 atom stereocenters. The minimum absolute atomic E-state index is 0.323. The van der Waals surface area contributed by atoms with Crippen LogP contribution in [0.2, 0.25) is 5.02 Å². The Morgan fingerprint density at radius 3 is 2.68 bits per heavy atom. The fourth-order valence-electron chi connectivity index (χ4n) is 1.91. The average molecular weight is 277 g/mol. The number of rotatable bonds is 4. The van der Waals surface area contributed by atoms with Gasteiger partial charge >= 0.3 is 0 Å². The van der Waals surface area contributed by atoms with Crippen LogP contribution in [0.1, 0.15) is 12.5 Å². The molecule has 0 heterocycles. The van der Waals surface area contributed by atoms with Gasteiger partial charge in [-0.05, 0) is 48.4 Å². The van der Waals surface area contributed by atoms with Crippen LogP contribution in [0.3, 0.4) is 0 Å². The van der Waals surface area contributed by atoms with Crippen LogP contribution in [0.15, 0.2) is 43.0 Å². The first-order chi connectivity index (χ1) is 9.15. The summed E-state index contributed by atoms with van der Waals surface area (Å²) in [5, 5.41) is 0.498. The van der Waals surface area contributed by atoms with E-state index in [0.717, 1.165) is 16.9 Å². The molecule has 0 radical (unpaired) electrons. The van der Waals surface area contributed by atoms with Crippen molar-refractivity contribution in [3.8, 4) is 16.9 Å². The van der Waals surface area contributed by atoms with Gasteiger partial charge in [-0.1, -0.05) is 30.3 Å². The average Bonchev–Trinajstić information content (AvgIpc) is 2.42. The molecule has 0 aliphatic heterocycles. The third-order valence-corrected chi connectivity index (χ3v) is 3.10. The third-order valence-electron chi connectivity index (χ3n) is 2.77. The summed E-state index contributed by atoms with van der Waals surface area (Å²) in [4.78, 5) is 0. The highest BCUT2D eigenvalue weighted by atomic mass is 35.5. The van der Waals surface area contributed by atoms with Crippen LogP contribution < -0.4 is 4.74 Å². The predicted molar refractivity (Wildman–Crippen MR) is 78.1 cm³/mol. The first-order valence-corrected chi connectivity index (χ1v) is 6.38. The summed E-state index contributed by atoms with van der Waals surface area (Å²) in [5.74, 6) is 0.402.